The van der Waals surface area contributed by atoms with Gasteiger partial charge in [0.1, 0.15) is 67.1 Å². The van der Waals surface area contributed by atoms with Crippen LogP contribution in [-0.4, -0.2) is 189 Å². The third kappa shape index (κ3) is 8.60. The summed E-state index contributed by atoms with van der Waals surface area (Å²) in [5.74, 6) is 1.90. The standard InChI is InChI=1S/C45H76O18/c1-20(18-57-40-37(54)34(51)33(50)29(16-46)60-40)8-13-45(56-5)21(2)31-28(63-45)15-26-24-7-6-22-14-23(9-11-43(22,3)25(24)10-12-44(26,31)4)59-42-38(55)35(52)39(30(17-47)61-42)62-41-36(53)32(49)27(48)19-58-41/h20-42,46-55H,6-19H2,1-5H3/t20-,21-,22-,23+,24+,25-,26-,27+,28-,29+,30-,31-,32-,33+,34-,35+,36-,37-,38-,39-,40+,41-,42-,43+,44-,45-/m0/s1. The van der Waals surface area contributed by atoms with Crippen LogP contribution in [-0.2, 0) is 37.9 Å². The Bertz CT molecular complexity index is 1530. The third-order valence-corrected chi connectivity index (χ3v) is 17.9. The number of hydrogen-bond donors (Lipinski definition) is 10. The summed E-state index contributed by atoms with van der Waals surface area (Å²) in [4.78, 5) is 0. The van der Waals surface area contributed by atoms with Crippen molar-refractivity contribution in [2.75, 3.05) is 33.5 Å². The van der Waals surface area contributed by atoms with Gasteiger partial charge in [-0.1, -0.05) is 27.7 Å². The fraction of sp³-hybridized carbons (Fsp3) is 1.00. The van der Waals surface area contributed by atoms with Crippen LogP contribution in [0.4, 0.5) is 0 Å². The van der Waals surface area contributed by atoms with Crippen molar-refractivity contribution >= 4 is 0 Å². The Kier molecular flexibility index (Phi) is 14.7. The number of ether oxygens (including phenoxy) is 8. The first kappa shape index (κ1) is 48.7. The zero-order valence-electron chi connectivity index (χ0n) is 37.4. The van der Waals surface area contributed by atoms with Crippen LogP contribution in [0.25, 0.3) is 0 Å². The van der Waals surface area contributed by atoms with Crippen LogP contribution in [0.5, 0.6) is 0 Å². The van der Waals surface area contributed by atoms with Crippen molar-refractivity contribution in [2.45, 2.75) is 196 Å². The molecule has 10 N–H and O–H groups in total. The lowest BCUT2D eigenvalue weighted by atomic mass is 9.44. The van der Waals surface area contributed by atoms with Crippen LogP contribution >= 0.6 is 0 Å². The molecule has 4 aliphatic carbocycles. The molecule has 26 atom stereocenters. The van der Waals surface area contributed by atoms with E-state index >= 15 is 0 Å². The average molecular weight is 905 g/mol. The minimum atomic E-state index is -1.62. The van der Waals surface area contributed by atoms with Gasteiger partial charge in [0, 0.05) is 19.4 Å². The summed E-state index contributed by atoms with van der Waals surface area (Å²) < 4.78 is 48.2. The summed E-state index contributed by atoms with van der Waals surface area (Å²) in [6.07, 6.45) is -9.87. The van der Waals surface area contributed by atoms with E-state index in [1.54, 1.807) is 7.11 Å². The molecule has 364 valence electrons. The first-order chi connectivity index (χ1) is 29.9. The van der Waals surface area contributed by atoms with Crippen LogP contribution in [0.2, 0.25) is 0 Å². The van der Waals surface area contributed by atoms with Crippen LogP contribution in [0, 0.1) is 52.3 Å². The number of rotatable bonds is 13. The van der Waals surface area contributed by atoms with Crippen LogP contribution in [0.1, 0.15) is 91.9 Å². The van der Waals surface area contributed by atoms with Crippen LogP contribution in [0.15, 0.2) is 0 Å². The van der Waals surface area contributed by atoms with Gasteiger partial charge in [0.05, 0.1) is 38.6 Å². The van der Waals surface area contributed by atoms with E-state index in [0.29, 0.717) is 36.0 Å². The molecule has 4 saturated heterocycles. The van der Waals surface area contributed by atoms with Gasteiger partial charge in [-0.3, -0.25) is 0 Å². The number of fused-ring (bicyclic) bond motifs is 7. The molecule has 0 amide bonds. The highest BCUT2D eigenvalue weighted by molar-refractivity contribution is 5.15. The Hall–Kier alpha value is -0.720. The second-order valence-electron chi connectivity index (χ2n) is 21.2. The van der Waals surface area contributed by atoms with Crippen molar-refractivity contribution in [1.29, 1.82) is 0 Å². The molecule has 4 heterocycles. The van der Waals surface area contributed by atoms with Gasteiger partial charge in [-0.25, -0.2) is 0 Å². The number of aliphatic hydroxyl groups is 10. The highest BCUT2D eigenvalue weighted by Gasteiger charge is 2.69. The van der Waals surface area contributed by atoms with Gasteiger partial charge in [0.2, 0.25) is 0 Å². The van der Waals surface area contributed by atoms with Crippen molar-refractivity contribution in [1.82, 2.24) is 0 Å². The molecule has 18 nitrogen and oxygen atoms in total. The summed E-state index contributed by atoms with van der Waals surface area (Å²) in [5, 5.41) is 103. The van der Waals surface area contributed by atoms with E-state index in [1.165, 1.54) is 0 Å². The van der Waals surface area contributed by atoms with Crippen molar-refractivity contribution < 1.29 is 89.0 Å². The molecule has 8 rings (SSSR count). The Balaban J connectivity index is 0.846. The Morgan fingerprint density at radius 3 is 2.10 bits per heavy atom. The maximum absolute atomic E-state index is 11.2. The van der Waals surface area contributed by atoms with E-state index in [4.69, 9.17) is 37.9 Å². The van der Waals surface area contributed by atoms with Crippen molar-refractivity contribution in [2.24, 2.45) is 52.3 Å². The maximum atomic E-state index is 11.2. The molecule has 0 aromatic carbocycles. The molecule has 8 aliphatic rings. The minimum absolute atomic E-state index is 0.0401. The van der Waals surface area contributed by atoms with Crippen molar-refractivity contribution in [3.63, 3.8) is 0 Å². The van der Waals surface area contributed by atoms with Crippen molar-refractivity contribution in [3.05, 3.63) is 0 Å². The molecule has 0 spiro atoms. The fourth-order valence-electron chi connectivity index (χ4n) is 14.2. The largest absolute Gasteiger partial charge is 0.394 e. The maximum Gasteiger partial charge on any atom is 0.186 e. The molecule has 0 bridgehead atoms. The van der Waals surface area contributed by atoms with E-state index < -0.39 is 105 Å². The third-order valence-electron chi connectivity index (χ3n) is 17.9. The summed E-state index contributed by atoms with van der Waals surface area (Å²) in [6, 6.07) is 0. The highest BCUT2D eigenvalue weighted by atomic mass is 16.7. The van der Waals surface area contributed by atoms with Gasteiger partial charge in [-0.2, -0.15) is 0 Å². The molecular weight excluding hydrogens is 828 g/mol. The molecular formula is C45H76O18. The number of aliphatic hydroxyl groups excluding tert-OH is 10. The average Bonchev–Trinajstić information content (AvgIpc) is 3.73. The summed E-state index contributed by atoms with van der Waals surface area (Å²) in [7, 11) is 1.74. The summed E-state index contributed by atoms with van der Waals surface area (Å²) >= 11 is 0. The molecule has 4 aliphatic heterocycles. The predicted molar refractivity (Wildman–Crippen MR) is 218 cm³/mol. The topological polar surface area (TPSA) is 276 Å². The van der Waals surface area contributed by atoms with E-state index in [1.807, 2.05) is 6.92 Å². The zero-order chi connectivity index (χ0) is 45.3. The van der Waals surface area contributed by atoms with E-state index in [0.717, 1.165) is 57.8 Å². The van der Waals surface area contributed by atoms with Gasteiger partial charge in [-0.15, -0.1) is 0 Å². The van der Waals surface area contributed by atoms with Gasteiger partial charge in [0.25, 0.3) is 0 Å². The fourth-order valence-corrected chi connectivity index (χ4v) is 14.2. The lowest BCUT2D eigenvalue weighted by Crippen LogP contribution is -2.63. The lowest BCUT2D eigenvalue weighted by molar-refractivity contribution is -0.354. The predicted octanol–water partition coefficient (Wildman–Crippen LogP) is -0.486. The minimum Gasteiger partial charge on any atom is -0.394 e. The zero-order valence-corrected chi connectivity index (χ0v) is 37.4. The van der Waals surface area contributed by atoms with Crippen LogP contribution in [0.3, 0.4) is 0 Å². The first-order valence-corrected chi connectivity index (χ1v) is 23.7. The summed E-state index contributed by atoms with van der Waals surface area (Å²) in [6.45, 7) is 8.15. The molecule has 0 aromatic rings. The Labute approximate surface area is 370 Å². The Morgan fingerprint density at radius 2 is 1.38 bits per heavy atom. The molecule has 0 aromatic heterocycles. The number of hydrogen-bond acceptors (Lipinski definition) is 18. The number of methoxy groups -OCH3 is 1. The normalized spacial score (nSPS) is 55.1. The Morgan fingerprint density at radius 1 is 0.698 bits per heavy atom. The molecule has 0 radical (unpaired) electrons. The second-order valence-corrected chi connectivity index (χ2v) is 21.2. The van der Waals surface area contributed by atoms with Gasteiger partial charge >= 0.3 is 0 Å². The molecule has 18 heteroatoms. The van der Waals surface area contributed by atoms with Crippen LogP contribution < -0.4 is 0 Å². The highest BCUT2D eigenvalue weighted by Crippen LogP contribution is 2.71. The van der Waals surface area contributed by atoms with E-state index in [2.05, 4.69) is 20.8 Å². The van der Waals surface area contributed by atoms with Gasteiger partial charge in [0.15, 0.2) is 24.7 Å². The monoisotopic (exact) mass is 905 g/mol. The second kappa shape index (κ2) is 19.0. The van der Waals surface area contributed by atoms with Gasteiger partial charge in [-0.05, 0) is 104 Å². The van der Waals surface area contributed by atoms with E-state index in [9.17, 15) is 51.1 Å². The quantitative estimate of drug-likeness (QED) is 0.105. The summed E-state index contributed by atoms with van der Waals surface area (Å²) in [5.41, 5.74) is 0.227. The van der Waals surface area contributed by atoms with Crippen molar-refractivity contribution in [3.8, 4) is 0 Å². The smallest absolute Gasteiger partial charge is 0.186 e. The lowest BCUT2D eigenvalue weighted by Gasteiger charge is -2.61. The van der Waals surface area contributed by atoms with E-state index in [-0.39, 0.29) is 48.1 Å². The SMILES string of the molecule is CO[C@@]1(CC[C@H](C)CO[C@@H]2O[C@H](CO)[C@@H](O)[C@H](O)[C@@H]2O)O[C@H]2C[C@H]3[C@@H]4CC[C@H]5C[C@H](O[C@H]6O[C@@H](CO)[C@H](O[C@@H]7OC[C@@H](O)[C@H](O)[C@@H]7O)[C@H](O)[C@@H]6O)CC[C@@]5(C)[C@H]4CC[C@]3(C)[C@H]2[C@@H]1C. The molecule has 63 heavy (non-hydrogen) atoms. The molecule has 8 fully saturated rings. The van der Waals surface area contributed by atoms with Gasteiger partial charge < -0.3 is 89.0 Å². The molecule has 4 saturated carbocycles. The molecule has 0 unspecified atom stereocenters. The first-order valence-electron chi connectivity index (χ1n) is 23.7.